The van der Waals surface area contributed by atoms with Crippen LogP contribution in [-0.4, -0.2) is 33.9 Å². The second-order valence-electron chi connectivity index (χ2n) is 6.42. The maximum absolute atomic E-state index is 12.7. The summed E-state index contributed by atoms with van der Waals surface area (Å²) in [5.74, 6) is -0.905. The zero-order valence-electron chi connectivity index (χ0n) is 14.5. The van der Waals surface area contributed by atoms with E-state index in [1.54, 1.807) is 29.5 Å². The van der Waals surface area contributed by atoms with Crippen LogP contribution in [0, 0.1) is 6.92 Å². The summed E-state index contributed by atoms with van der Waals surface area (Å²) in [5, 5.41) is 10.3. The molecule has 2 aromatic rings. The highest BCUT2D eigenvalue weighted by molar-refractivity contribution is 7.11. The van der Waals surface area contributed by atoms with Gasteiger partial charge in [0, 0.05) is 13.5 Å². The number of nitrogens with zero attached hydrogens (tertiary/aromatic N) is 2. The predicted molar refractivity (Wildman–Crippen MR) is 97.0 cm³/mol. The van der Waals surface area contributed by atoms with Gasteiger partial charge in [-0.3, -0.25) is 4.79 Å². The number of amides is 1. The Bertz CT molecular complexity index is 800. The maximum atomic E-state index is 12.7. The summed E-state index contributed by atoms with van der Waals surface area (Å²) in [6.45, 7) is 2.00. The minimum Gasteiger partial charge on any atom is -0.478 e. The van der Waals surface area contributed by atoms with E-state index in [0.29, 0.717) is 18.4 Å². The van der Waals surface area contributed by atoms with Crippen LogP contribution in [0.5, 0.6) is 0 Å². The van der Waals surface area contributed by atoms with E-state index in [9.17, 15) is 14.7 Å². The summed E-state index contributed by atoms with van der Waals surface area (Å²) in [6.07, 6.45) is 3.74. The van der Waals surface area contributed by atoms with Gasteiger partial charge in [0.1, 0.15) is 0 Å². The van der Waals surface area contributed by atoms with Gasteiger partial charge < -0.3 is 10.0 Å². The molecule has 0 radical (unpaired) electrons. The molecule has 0 bridgehead atoms. The molecule has 1 aromatic heterocycles. The van der Waals surface area contributed by atoms with Gasteiger partial charge in [-0.2, -0.15) is 0 Å². The Morgan fingerprint density at radius 2 is 2.12 bits per heavy atom. The van der Waals surface area contributed by atoms with Crippen LogP contribution < -0.4 is 0 Å². The number of aromatic carboxylic acids is 1. The lowest BCUT2D eigenvalue weighted by Gasteiger charge is -2.30. The Labute approximate surface area is 151 Å². The van der Waals surface area contributed by atoms with Crippen LogP contribution >= 0.6 is 11.3 Å². The third kappa shape index (κ3) is 3.74. The molecule has 1 unspecified atom stereocenters. The summed E-state index contributed by atoms with van der Waals surface area (Å²) < 4.78 is 0. The molecule has 1 aromatic carbocycles. The molecule has 0 spiro atoms. The predicted octanol–water partition coefficient (Wildman–Crippen LogP) is 3.62. The number of benzene rings is 1. The van der Waals surface area contributed by atoms with Crippen molar-refractivity contribution in [1.82, 2.24) is 9.88 Å². The van der Waals surface area contributed by atoms with E-state index >= 15 is 0 Å². The van der Waals surface area contributed by atoms with Crippen molar-refractivity contribution >= 4 is 23.2 Å². The molecule has 6 heteroatoms. The zero-order chi connectivity index (χ0) is 18.0. The fourth-order valence-electron chi connectivity index (χ4n) is 3.43. The average molecular weight is 358 g/mol. The van der Waals surface area contributed by atoms with Crippen molar-refractivity contribution in [2.75, 3.05) is 7.05 Å². The second-order valence-corrected chi connectivity index (χ2v) is 7.65. The van der Waals surface area contributed by atoms with E-state index < -0.39 is 5.97 Å². The largest absolute Gasteiger partial charge is 0.478 e. The van der Waals surface area contributed by atoms with Crippen molar-refractivity contribution in [2.45, 2.75) is 45.1 Å². The molecule has 132 valence electrons. The van der Waals surface area contributed by atoms with Crippen molar-refractivity contribution in [3.63, 3.8) is 0 Å². The topological polar surface area (TPSA) is 70.5 Å². The molecule has 0 saturated carbocycles. The highest BCUT2D eigenvalue weighted by atomic mass is 32.1. The molecule has 3 rings (SSSR count). The first-order valence-electron chi connectivity index (χ1n) is 8.50. The van der Waals surface area contributed by atoms with E-state index in [2.05, 4.69) is 4.98 Å². The molecule has 0 aliphatic heterocycles. The second kappa shape index (κ2) is 7.35. The van der Waals surface area contributed by atoms with Crippen molar-refractivity contribution < 1.29 is 14.7 Å². The lowest BCUT2D eigenvalue weighted by Crippen LogP contribution is -2.33. The van der Waals surface area contributed by atoms with Crippen molar-refractivity contribution in [1.29, 1.82) is 0 Å². The highest BCUT2D eigenvalue weighted by Crippen LogP contribution is 2.37. The van der Waals surface area contributed by atoms with Gasteiger partial charge in [0.25, 0.3) is 0 Å². The summed E-state index contributed by atoms with van der Waals surface area (Å²) in [6, 6.07) is 6.97. The average Bonchev–Trinajstić information content (AvgIpc) is 2.99. The number of thiazole rings is 1. The van der Waals surface area contributed by atoms with Gasteiger partial charge in [-0.15, -0.1) is 11.3 Å². The highest BCUT2D eigenvalue weighted by Gasteiger charge is 2.29. The van der Waals surface area contributed by atoms with Gasteiger partial charge in [0.15, 0.2) is 0 Å². The van der Waals surface area contributed by atoms with Gasteiger partial charge in [-0.25, -0.2) is 9.78 Å². The van der Waals surface area contributed by atoms with E-state index in [1.165, 1.54) is 4.88 Å². The number of carboxylic acid groups (broad SMARTS) is 1. The molecule has 0 saturated heterocycles. The fraction of sp³-hybridized carbons (Fsp3) is 0.421. The number of rotatable bonds is 5. The summed E-state index contributed by atoms with van der Waals surface area (Å²) in [4.78, 5) is 31.6. The van der Waals surface area contributed by atoms with Crippen LogP contribution in [0.3, 0.4) is 0 Å². The van der Waals surface area contributed by atoms with Gasteiger partial charge in [-0.1, -0.05) is 18.2 Å². The zero-order valence-corrected chi connectivity index (χ0v) is 15.3. The Morgan fingerprint density at radius 3 is 2.88 bits per heavy atom. The minimum absolute atomic E-state index is 0.0455. The summed E-state index contributed by atoms with van der Waals surface area (Å²) >= 11 is 1.68. The Balaban J connectivity index is 1.69. The molecule has 1 N–H and O–H groups in total. The molecule has 5 nitrogen and oxygen atoms in total. The number of hydrogen-bond acceptors (Lipinski definition) is 4. The lowest BCUT2D eigenvalue weighted by atomic mass is 9.96. The number of aromatic nitrogens is 1. The monoisotopic (exact) mass is 358 g/mol. The molecule has 1 amide bonds. The standard InChI is InChI=1S/C19H22N2O3S/c1-12-20-15-8-5-9-16(18(15)25-12)21(2)17(22)11-10-13-6-3-4-7-14(13)19(23)24/h3-4,6-7,16H,5,8-11H2,1-2H3,(H,23,24). The number of carboxylic acids is 1. The lowest BCUT2D eigenvalue weighted by molar-refractivity contribution is -0.132. The van der Waals surface area contributed by atoms with Crippen molar-refractivity contribution in [3.8, 4) is 0 Å². The number of carbonyl (C=O) groups excluding carboxylic acids is 1. The van der Waals surface area contributed by atoms with E-state index in [1.807, 2.05) is 24.9 Å². The van der Waals surface area contributed by atoms with Crippen LogP contribution in [0.2, 0.25) is 0 Å². The third-order valence-corrected chi connectivity index (χ3v) is 5.86. The van der Waals surface area contributed by atoms with Crippen LogP contribution in [0.1, 0.15) is 56.8 Å². The molecule has 1 heterocycles. The summed E-state index contributed by atoms with van der Waals surface area (Å²) in [7, 11) is 1.85. The number of carbonyl (C=O) groups is 2. The SMILES string of the molecule is Cc1nc2c(s1)C(N(C)C(=O)CCc1ccccc1C(=O)O)CCC2. The van der Waals surface area contributed by atoms with E-state index in [4.69, 9.17) is 0 Å². The van der Waals surface area contributed by atoms with Crippen LogP contribution in [-0.2, 0) is 17.6 Å². The maximum Gasteiger partial charge on any atom is 0.335 e. The van der Waals surface area contributed by atoms with Crippen molar-refractivity contribution in [3.05, 3.63) is 51.0 Å². The molecule has 1 atom stereocenters. The van der Waals surface area contributed by atoms with E-state index in [0.717, 1.165) is 30.0 Å². The van der Waals surface area contributed by atoms with E-state index in [-0.39, 0.29) is 17.5 Å². The molecule has 1 aliphatic rings. The van der Waals surface area contributed by atoms with Gasteiger partial charge in [-0.05, 0) is 44.2 Å². The first-order valence-corrected chi connectivity index (χ1v) is 9.32. The van der Waals surface area contributed by atoms with Crippen molar-refractivity contribution in [2.24, 2.45) is 0 Å². The van der Waals surface area contributed by atoms with Gasteiger partial charge in [0.05, 0.1) is 27.2 Å². The Hall–Kier alpha value is -2.21. The van der Waals surface area contributed by atoms with Crippen LogP contribution in [0.15, 0.2) is 24.3 Å². The molecular weight excluding hydrogens is 336 g/mol. The minimum atomic E-state index is -0.950. The van der Waals surface area contributed by atoms with Gasteiger partial charge in [0.2, 0.25) is 5.91 Å². The van der Waals surface area contributed by atoms with Gasteiger partial charge >= 0.3 is 5.97 Å². The number of aryl methyl sites for hydroxylation is 3. The number of fused-ring (bicyclic) bond motifs is 1. The normalized spacial score (nSPS) is 16.3. The Kier molecular flexibility index (Phi) is 5.18. The molecule has 0 fully saturated rings. The first kappa shape index (κ1) is 17.6. The molecule has 25 heavy (non-hydrogen) atoms. The molecule has 1 aliphatic carbocycles. The number of hydrogen-bond donors (Lipinski definition) is 1. The molecular formula is C19H22N2O3S. The quantitative estimate of drug-likeness (QED) is 0.886. The Morgan fingerprint density at radius 1 is 1.36 bits per heavy atom. The fourth-order valence-corrected chi connectivity index (χ4v) is 4.58. The van der Waals surface area contributed by atoms with Crippen LogP contribution in [0.4, 0.5) is 0 Å². The third-order valence-electron chi connectivity index (χ3n) is 4.75. The smallest absolute Gasteiger partial charge is 0.335 e. The first-order chi connectivity index (χ1) is 12.0. The van der Waals surface area contributed by atoms with Crippen LogP contribution in [0.25, 0.3) is 0 Å². The summed E-state index contributed by atoms with van der Waals surface area (Å²) in [5.41, 5.74) is 2.11.